The minimum atomic E-state index is -0.379. The highest BCUT2D eigenvalue weighted by atomic mass is 35.5. The number of amides is 1. The fraction of sp³-hybridized carbons (Fsp3) is 0.588. The van der Waals surface area contributed by atoms with Crippen LogP contribution in [-0.4, -0.2) is 29.9 Å². The van der Waals surface area contributed by atoms with Gasteiger partial charge in [-0.1, -0.05) is 31.2 Å². The zero-order valence-electron chi connectivity index (χ0n) is 13.3. The van der Waals surface area contributed by atoms with Crippen molar-refractivity contribution in [2.24, 2.45) is 0 Å². The van der Waals surface area contributed by atoms with Crippen LogP contribution in [-0.2, 0) is 17.8 Å². The van der Waals surface area contributed by atoms with Crippen molar-refractivity contribution < 1.29 is 4.79 Å². The van der Waals surface area contributed by atoms with E-state index in [0.29, 0.717) is 6.54 Å². The fourth-order valence-electron chi connectivity index (χ4n) is 2.89. The maximum absolute atomic E-state index is 12.6. The summed E-state index contributed by atoms with van der Waals surface area (Å²) in [6.45, 7) is 5.81. The van der Waals surface area contributed by atoms with Gasteiger partial charge in [-0.05, 0) is 50.3 Å². The molecule has 0 radical (unpaired) electrons. The van der Waals surface area contributed by atoms with Crippen LogP contribution in [0.15, 0.2) is 24.3 Å². The van der Waals surface area contributed by atoms with Gasteiger partial charge in [-0.2, -0.15) is 0 Å². The molecule has 0 bridgehead atoms. The van der Waals surface area contributed by atoms with E-state index in [0.717, 1.165) is 25.8 Å². The SMILES string of the molecule is CCc1ccc(CN(C)C(=O)C2(C)CCCCN2)cc1.Cl. The molecule has 1 fully saturated rings. The van der Waals surface area contributed by atoms with Gasteiger partial charge < -0.3 is 10.2 Å². The zero-order valence-corrected chi connectivity index (χ0v) is 14.1. The predicted octanol–water partition coefficient (Wildman–Crippen LogP) is 3.16. The van der Waals surface area contributed by atoms with Crippen LogP contribution in [0.1, 0.15) is 44.2 Å². The third-order valence-electron chi connectivity index (χ3n) is 4.29. The summed E-state index contributed by atoms with van der Waals surface area (Å²) in [7, 11) is 1.90. The number of carbonyl (C=O) groups excluding carboxylic acids is 1. The molecule has 1 saturated heterocycles. The van der Waals surface area contributed by atoms with Crippen LogP contribution in [0.4, 0.5) is 0 Å². The van der Waals surface area contributed by atoms with Gasteiger partial charge in [0.25, 0.3) is 0 Å². The molecule has 1 N–H and O–H groups in total. The minimum absolute atomic E-state index is 0. The lowest BCUT2D eigenvalue weighted by Crippen LogP contribution is -2.57. The first kappa shape index (κ1) is 18.0. The van der Waals surface area contributed by atoms with Crippen LogP contribution in [0.2, 0.25) is 0 Å². The number of rotatable bonds is 4. The Labute approximate surface area is 134 Å². The van der Waals surface area contributed by atoms with E-state index in [-0.39, 0.29) is 23.9 Å². The van der Waals surface area contributed by atoms with E-state index in [1.807, 2.05) is 18.9 Å². The van der Waals surface area contributed by atoms with Crippen LogP contribution < -0.4 is 5.32 Å². The van der Waals surface area contributed by atoms with Gasteiger partial charge >= 0.3 is 0 Å². The van der Waals surface area contributed by atoms with Crippen molar-refractivity contribution in [3.63, 3.8) is 0 Å². The lowest BCUT2D eigenvalue weighted by atomic mass is 9.89. The van der Waals surface area contributed by atoms with Crippen molar-refractivity contribution in [3.8, 4) is 0 Å². The third-order valence-corrected chi connectivity index (χ3v) is 4.29. The first-order chi connectivity index (χ1) is 9.55. The minimum Gasteiger partial charge on any atom is -0.340 e. The molecule has 1 aromatic rings. The molecule has 21 heavy (non-hydrogen) atoms. The van der Waals surface area contributed by atoms with Gasteiger partial charge in [0.05, 0.1) is 5.54 Å². The van der Waals surface area contributed by atoms with Crippen molar-refractivity contribution in [1.82, 2.24) is 10.2 Å². The Balaban J connectivity index is 0.00000220. The number of piperidine rings is 1. The monoisotopic (exact) mass is 310 g/mol. The maximum Gasteiger partial charge on any atom is 0.242 e. The molecule has 1 aliphatic rings. The fourth-order valence-corrected chi connectivity index (χ4v) is 2.89. The standard InChI is InChI=1S/C17H26N2O.ClH/c1-4-14-7-9-15(10-8-14)13-19(3)16(20)17(2)11-5-6-12-18-17;/h7-10,18H,4-6,11-13H2,1-3H3;1H. The average molecular weight is 311 g/mol. The normalized spacial score (nSPS) is 21.5. The summed E-state index contributed by atoms with van der Waals surface area (Å²) in [6, 6.07) is 8.54. The largest absolute Gasteiger partial charge is 0.340 e. The number of carbonyl (C=O) groups is 1. The van der Waals surface area contributed by atoms with Gasteiger partial charge in [0, 0.05) is 13.6 Å². The zero-order chi connectivity index (χ0) is 14.6. The number of halogens is 1. The van der Waals surface area contributed by atoms with Crippen molar-refractivity contribution in [2.75, 3.05) is 13.6 Å². The molecule has 0 aromatic heterocycles. The summed E-state index contributed by atoms with van der Waals surface area (Å²) in [4.78, 5) is 14.5. The van der Waals surface area contributed by atoms with Gasteiger partial charge in [-0.25, -0.2) is 0 Å². The second-order valence-corrected chi connectivity index (χ2v) is 6.05. The molecule has 0 spiro atoms. The Bertz CT molecular complexity index is 452. The molecule has 1 amide bonds. The molecule has 3 nitrogen and oxygen atoms in total. The summed E-state index contributed by atoms with van der Waals surface area (Å²) < 4.78 is 0. The molecule has 4 heteroatoms. The molecule has 2 rings (SSSR count). The Kier molecular flexibility index (Phi) is 6.69. The molecule has 1 unspecified atom stereocenters. The molecule has 118 valence electrons. The average Bonchev–Trinajstić information content (AvgIpc) is 2.48. The number of aryl methyl sites for hydroxylation is 1. The van der Waals surface area contributed by atoms with E-state index < -0.39 is 0 Å². The first-order valence-electron chi connectivity index (χ1n) is 7.63. The van der Waals surface area contributed by atoms with Crippen LogP contribution in [0.25, 0.3) is 0 Å². The third kappa shape index (κ3) is 4.45. The highest BCUT2D eigenvalue weighted by Crippen LogP contribution is 2.21. The molecular formula is C17H27ClN2O. The number of likely N-dealkylation sites (N-methyl/N-ethyl adjacent to an activating group) is 1. The molecule has 1 aliphatic heterocycles. The van der Waals surface area contributed by atoms with Crippen LogP contribution in [0, 0.1) is 0 Å². The van der Waals surface area contributed by atoms with E-state index >= 15 is 0 Å². The number of benzene rings is 1. The van der Waals surface area contributed by atoms with Gasteiger partial charge in [-0.3, -0.25) is 4.79 Å². The van der Waals surface area contributed by atoms with Crippen molar-refractivity contribution in [3.05, 3.63) is 35.4 Å². The molecule has 1 aromatic carbocycles. The second-order valence-electron chi connectivity index (χ2n) is 6.05. The van der Waals surface area contributed by atoms with E-state index in [1.54, 1.807) is 0 Å². The summed E-state index contributed by atoms with van der Waals surface area (Å²) >= 11 is 0. The molecular weight excluding hydrogens is 284 g/mol. The maximum atomic E-state index is 12.6. The predicted molar refractivity (Wildman–Crippen MR) is 89.8 cm³/mol. The number of nitrogens with one attached hydrogen (secondary N) is 1. The number of hydrogen-bond donors (Lipinski definition) is 1. The highest BCUT2D eigenvalue weighted by molar-refractivity contribution is 5.86. The van der Waals surface area contributed by atoms with Crippen molar-refractivity contribution >= 4 is 18.3 Å². The lowest BCUT2D eigenvalue weighted by Gasteiger charge is -2.36. The Morgan fingerprint density at radius 2 is 1.86 bits per heavy atom. The Hall–Kier alpha value is -1.06. The molecule has 1 atom stereocenters. The number of nitrogens with zero attached hydrogens (tertiary/aromatic N) is 1. The smallest absolute Gasteiger partial charge is 0.242 e. The summed E-state index contributed by atoms with van der Waals surface area (Å²) in [6.07, 6.45) is 4.29. The van der Waals surface area contributed by atoms with Gasteiger partial charge in [-0.15, -0.1) is 12.4 Å². The van der Waals surface area contributed by atoms with Gasteiger partial charge in [0.15, 0.2) is 0 Å². The van der Waals surface area contributed by atoms with Gasteiger partial charge in [0.1, 0.15) is 0 Å². The van der Waals surface area contributed by atoms with Crippen molar-refractivity contribution in [1.29, 1.82) is 0 Å². The Morgan fingerprint density at radius 1 is 1.24 bits per heavy atom. The van der Waals surface area contributed by atoms with Crippen LogP contribution >= 0.6 is 12.4 Å². The first-order valence-corrected chi connectivity index (χ1v) is 7.63. The quantitative estimate of drug-likeness (QED) is 0.926. The Morgan fingerprint density at radius 3 is 2.38 bits per heavy atom. The highest BCUT2D eigenvalue weighted by Gasteiger charge is 2.36. The van der Waals surface area contributed by atoms with E-state index in [4.69, 9.17) is 0 Å². The van der Waals surface area contributed by atoms with E-state index in [2.05, 4.69) is 36.5 Å². The number of hydrogen-bond acceptors (Lipinski definition) is 2. The van der Waals surface area contributed by atoms with Crippen molar-refractivity contribution in [2.45, 2.75) is 51.6 Å². The molecule has 1 heterocycles. The topological polar surface area (TPSA) is 32.3 Å². The van der Waals surface area contributed by atoms with E-state index in [1.165, 1.54) is 17.5 Å². The van der Waals surface area contributed by atoms with E-state index in [9.17, 15) is 4.79 Å². The van der Waals surface area contributed by atoms with Crippen LogP contribution in [0.3, 0.4) is 0 Å². The summed E-state index contributed by atoms with van der Waals surface area (Å²) in [5, 5.41) is 3.39. The summed E-state index contributed by atoms with van der Waals surface area (Å²) in [5.41, 5.74) is 2.15. The van der Waals surface area contributed by atoms with Gasteiger partial charge in [0.2, 0.25) is 5.91 Å². The second kappa shape index (κ2) is 7.81. The summed E-state index contributed by atoms with van der Waals surface area (Å²) in [5.74, 6) is 0.205. The van der Waals surface area contributed by atoms with Crippen LogP contribution in [0.5, 0.6) is 0 Å². The lowest BCUT2D eigenvalue weighted by molar-refractivity contribution is -0.137. The molecule has 0 aliphatic carbocycles. The molecule has 0 saturated carbocycles.